The van der Waals surface area contributed by atoms with Gasteiger partial charge in [0.2, 0.25) is 0 Å². The molecule has 0 spiro atoms. The van der Waals surface area contributed by atoms with Gasteiger partial charge in [-0.2, -0.15) is 18.4 Å². The van der Waals surface area contributed by atoms with Crippen molar-refractivity contribution >= 4 is 5.91 Å². The van der Waals surface area contributed by atoms with Crippen LogP contribution in [0.4, 0.5) is 13.2 Å². The van der Waals surface area contributed by atoms with Gasteiger partial charge in [0.25, 0.3) is 5.89 Å². The lowest BCUT2D eigenvalue weighted by atomic mass is 10.1. The summed E-state index contributed by atoms with van der Waals surface area (Å²) in [6.07, 6.45) is -0.352. The van der Waals surface area contributed by atoms with Crippen LogP contribution in [0.3, 0.4) is 0 Å². The molecule has 158 valence electrons. The average Bonchev–Trinajstić information content (AvgIpc) is 3.23. The van der Waals surface area contributed by atoms with Crippen LogP contribution >= 0.6 is 0 Å². The first-order valence-corrected chi connectivity index (χ1v) is 9.43. The Balaban J connectivity index is 1.55. The van der Waals surface area contributed by atoms with E-state index in [4.69, 9.17) is 14.4 Å². The fraction of sp³-hybridized carbons (Fsp3) is 0.474. The molecule has 4 rings (SSSR count). The minimum Gasteiger partial charge on any atom is -0.490 e. The van der Waals surface area contributed by atoms with Crippen molar-refractivity contribution in [2.45, 2.75) is 50.6 Å². The van der Waals surface area contributed by atoms with E-state index in [0.29, 0.717) is 13.0 Å². The molecule has 30 heavy (non-hydrogen) atoms. The molecule has 1 aliphatic heterocycles. The summed E-state index contributed by atoms with van der Waals surface area (Å²) in [6.45, 7) is 2.23. The predicted molar refractivity (Wildman–Crippen MR) is 96.0 cm³/mol. The molecule has 1 saturated heterocycles. The van der Waals surface area contributed by atoms with Gasteiger partial charge in [0.1, 0.15) is 5.75 Å². The number of nitriles is 1. The van der Waals surface area contributed by atoms with Gasteiger partial charge in [0.05, 0.1) is 17.2 Å². The van der Waals surface area contributed by atoms with Crippen LogP contribution in [-0.4, -0.2) is 45.7 Å². The molecule has 2 atom stereocenters. The maximum absolute atomic E-state index is 13.1. The number of nitrogens with zero attached hydrogens (tertiary/aromatic N) is 4. The molecule has 1 aliphatic carbocycles. The highest BCUT2D eigenvalue weighted by molar-refractivity contribution is 5.90. The smallest absolute Gasteiger partial charge is 0.416 e. The Kier molecular flexibility index (Phi) is 5.01. The van der Waals surface area contributed by atoms with Gasteiger partial charge in [0.15, 0.2) is 6.19 Å². The first-order valence-electron chi connectivity index (χ1n) is 9.43. The second kappa shape index (κ2) is 7.51. The number of hydrogen-bond acceptors (Lipinski definition) is 7. The first kappa shape index (κ1) is 20.0. The second-order valence-electron chi connectivity index (χ2n) is 7.45. The van der Waals surface area contributed by atoms with E-state index in [9.17, 15) is 18.0 Å². The first-order chi connectivity index (χ1) is 14.2. The fourth-order valence-electron chi connectivity index (χ4n) is 3.29. The van der Waals surface area contributed by atoms with Crippen molar-refractivity contribution in [3.8, 4) is 23.4 Å². The fourth-order valence-corrected chi connectivity index (χ4v) is 3.29. The summed E-state index contributed by atoms with van der Waals surface area (Å²) in [5.74, 6) is -1.07. The maximum atomic E-state index is 13.1. The van der Waals surface area contributed by atoms with Crippen molar-refractivity contribution in [2.75, 3.05) is 6.54 Å². The van der Waals surface area contributed by atoms with E-state index in [1.165, 1.54) is 6.07 Å². The number of carbonyl (C=O) groups excluding carboxylic acids is 1. The van der Waals surface area contributed by atoms with Gasteiger partial charge in [-0.15, -0.1) is 10.2 Å². The molecular formula is C19H18F3N5O3. The number of halogens is 3. The molecule has 1 N–H and O–H groups in total. The normalized spacial score (nSPS) is 21.4. The highest BCUT2D eigenvalue weighted by Gasteiger charge is 2.34. The van der Waals surface area contributed by atoms with E-state index in [0.717, 1.165) is 25.0 Å². The van der Waals surface area contributed by atoms with Crippen LogP contribution in [0.15, 0.2) is 22.6 Å². The number of rotatable bonds is 5. The molecule has 2 aliphatic rings. The molecule has 1 amide bonds. The van der Waals surface area contributed by atoms with Gasteiger partial charge in [-0.25, -0.2) is 0 Å². The topological polar surface area (TPSA) is 104 Å². The molecular weight excluding hydrogens is 403 g/mol. The van der Waals surface area contributed by atoms with Crippen LogP contribution < -0.4 is 10.1 Å². The van der Waals surface area contributed by atoms with Crippen LogP contribution in [0.1, 0.15) is 42.4 Å². The van der Waals surface area contributed by atoms with Gasteiger partial charge in [-0.1, -0.05) is 0 Å². The van der Waals surface area contributed by atoms with Gasteiger partial charge >= 0.3 is 18.0 Å². The molecule has 0 bridgehead atoms. The standard InChI is InChI=1S/C19H18F3N5O3/c1-10-6-12(8-27(10)9-23)24-16(28)18-26-25-17(30-18)14-7-11(19(20,21)22)2-5-15(14)29-13-3-4-13/h2,5,7,10,12-13H,3-4,6,8H2,1H3,(H,24,28). The third kappa shape index (κ3) is 4.17. The third-order valence-corrected chi connectivity index (χ3v) is 5.01. The van der Waals surface area contributed by atoms with E-state index < -0.39 is 17.6 Å². The zero-order valence-corrected chi connectivity index (χ0v) is 15.9. The van der Waals surface area contributed by atoms with Crippen LogP contribution in [0, 0.1) is 11.5 Å². The number of carbonyl (C=O) groups is 1. The summed E-state index contributed by atoms with van der Waals surface area (Å²) in [6, 6.07) is 2.73. The summed E-state index contributed by atoms with van der Waals surface area (Å²) in [5.41, 5.74) is -0.908. The zero-order valence-electron chi connectivity index (χ0n) is 15.9. The van der Waals surface area contributed by atoms with Crippen LogP contribution in [0.5, 0.6) is 5.75 Å². The molecule has 2 unspecified atom stereocenters. The minimum absolute atomic E-state index is 0.00853. The highest BCUT2D eigenvalue weighted by atomic mass is 19.4. The molecule has 2 heterocycles. The number of amides is 1. The predicted octanol–water partition coefficient (Wildman–Crippen LogP) is 2.97. The minimum atomic E-state index is -4.56. The van der Waals surface area contributed by atoms with E-state index in [2.05, 4.69) is 21.7 Å². The van der Waals surface area contributed by atoms with E-state index in [1.54, 1.807) is 4.90 Å². The van der Waals surface area contributed by atoms with E-state index in [-0.39, 0.29) is 41.3 Å². The Morgan fingerprint density at radius 1 is 1.37 bits per heavy atom. The number of ether oxygens (including phenoxy) is 1. The molecule has 8 nitrogen and oxygen atoms in total. The van der Waals surface area contributed by atoms with Crippen LogP contribution in [0.2, 0.25) is 0 Å². The van der Waals surface area contributed by atoms with Crippen LogP contribution in [0.25, 0.3) is 11.5 Å². The van der Waals surface area contributed by atoms with Crippen molar-refractivity contribution in [2.24, 2.45) is 0 Å². The van der Waals surface area contributed by atoms with Crippen molar-refractivity contribution < 1.29 is 27.1 Å². The van der Waals surface area contributed by atoms with Gasteiger partial charge in [-0.3, -0.25) is 4.79 Å². The van der Waals surface area contributed by atoms with E-state index in [1.807, 2.05) is 6.92 Å². The monoisotopic (exact) mass is 421 g/mol. The number of nitrogens with one attached hydrogen (secondary N) is 1. The molecule has 2 fully saturated rings. The zero-order chi connectivity index (χ0) is 21.5. The Labute approximate surface area is 169 Å². The average molecular weight is 421 g/mol. The summed E-state index contributed by atoms with van der Waals surface area (Å²) in [4.78, 5) is 14.0. The molecule has 0 radical (unpaired) electrons. The number of hydrogen-bond donors (Lipinski definition) is 1. The van der Waals surface area contributed by atoms with Crippen molar-refractivity contribution in [3.05, 3.63) is 29.7 Å². The van der Waals surface area contributed by atoms with Crippen molar-refractivity contribution in [3.63, 3.8) is 0 Å². The third-order valence-electron chi connectivity index (χ3n) is 5.01. The van der Waals surface area contributed by atoms with E-state index >= 15 is 0 Å². The Hall–Kier alpha value is -3.29. The largest absolute Gasteiger partial charge is 0.490 e. The quantitative estimate of drug-likeness (QED) is 0.740. The summed E-state index contributed by atoms with van der Waals surface area (Å²) < 4.78 is 50.5. The summed E-state index contributed by atoms with van der Waals surface area (Å²) in [5, 5.41) is 19.2. The Morgan fingerprint density at radius 2 is 2.13 bits per heavy atom. The molecule has 1 saturated carbocycles. The van der Waals surface area contributed by atoms with Crippen molar-refractivity contribution in [1.82, 2.24) is 20.4 Å². The lowest BCUT2D eigenvalue weighted by Crippen LogP contribution is -2.36. The number of alkyl halides is 3. The SMILES string of the molecule is CC1CC(NC(=O)c2nnc(-c3cc(C(F)(F)F)ccc3OC3CC3)o2)CN1C#N. The lowest BCUT2D eigenvalue weighted by molar-refractivity contribution is -0.137. The molecule has 1 aromatic carbocycles. The lowest BCUT2D eigenvalue weighted by Gasteiger charge is -2.12. The molecule has 11 heteroatoms. The number of likely N-dealkylation sites (tertiary alicyclic amines) is 1. The maximum Gasteiger partial charge on any atom is 0.416 e. The molecule has 1 aromatic heterocycles. The Morgan fingerprint density at radius 3 is 2.77 bits per heavy atom. The van der Waals surface area contributed by atoms with Gasteiger partial charge < -0.3 is 19.4 Å². The van der Waals surface area contributed by atoms with Crippen LogP contribution in [-0.2, 0) is 6.18 Å². The number of benzene rings is 1. The number of aromatic nitrogens is 2. The summed E-state index contributed by atoms with van der Waals surface area (Å²) in [7, 11) is 0. The Bertz CT molecular complexity index is 996. The molecule has 2 aromatic rings. The second-order valence-corrected chi connectivity index (χ2v) is 7.45. The van der Waals surface area contributed by atoms with Gasteiger partial charge in [0, 0.05) is 18.6 Å². The highest BCUT2D eigenvalue weighted by Crippen LogP contribution is 2.39. The van der Waals surface area contributed by atoms with Crippen molar-refractivity contribution in [1.29, 1.82) is 5.26 Å². The summed E-state index contributed by atoms with van der Waals surface area (Å²) >= 11 is 0. The van der Waals surface area contributed by atoms with Gasteiger partial charge in [-0.05, 0) is 44.4 Å².